The average Bonchev–Trinajstić information content (AvgIpc) is 3.02. The molecule has 0 atom stereocenters. The van der Waals surface area contributed by atoms with E-state index in [-0.39, 0.29) is 12.6 Å². The van der Waals surface area contributed by atoms with Crippen molar-refractivity contribution in [1.82, 2.24) is 15.0 Å². The van der Waals surface area contributed by atoms with Crippen LogP contribution in [-0.2, 0) is 4.74 Å². The number of nitrogens with one attached hydrogen (secondary N) is 1. The Balaban J connectivity index is 2.19. The highest BCUT2D eigenvalue weighted by atomic mass is 35.5. The van der Waals surface area contributed by atoms with Crippen molar-refractivity contribution in [3.05, 3.63) is 52.1 Å². The van der Waals surface area contributed by atoms with Crippen molar-refractivity contribution in [2.24, 2.45) is 0 Å². The summed E-state index contributed by atoms with van der Waals surface area (Å²) in [6, 6.07) is 8.34. The second-order valence-corrected chi connectivity index (χ2v) is 5.96. The number of nitrogen functional groups attached to an aromatic ring is 1. The van der Waals surface area contributed by atoms with Crippen LogP contribution in [0, 0.1) is 0 Å². The number of carbonyl (C=O) groups is 1. The fraction of sp³-hybridized carbons (Fsp3) is 0.118. The van der Waals surface area contributed by atoms with E-state index in [0.717, 1.165) is 0 Å². The van der Waals surface area contributed by atoms with Gasteiger partial charge in [0.15, 0.2) is 0 Å². The van der Waals surface area contributed by atoms with Crippen LogP contribution in [0.5, 0.6) is 0 Å². The maximum atomic E-state index is 12.4. The number of aromatic nitrogens is 3. The molecule has 0 aliphatic rings. The number of rotatable bonds is 4. The summed E-state index contributed by atoms with van der Waals surface area (Å²) in [7, 11) is 0. The molecule has 2 heterocycles. The van der Waals surface area contributed by atoms with Gasteiger partial charge in [0.2, 0.25) is 5.95 Å². The zero-order valence-electron chi connectivity index (χ0n) is 13.2. The first-order valence-electron chi connectivity index (χ1n) is 7.44. The van der Waals surface area contributed by atoms with E-state index in [1.165, 1.54) is 6.20 Å². The van der Waals surface area contributed by atoms with E-state index in [4.69, 9.17) is 33.7 Å². The average molecular weight is 377 g/mol. The number of carbonyl (C=O) groups excluding carboxylic acids is 1. The molecule has 128 valence electrons. The Morgan fingerprint density at radius 3 is 2.80 bits per heavy atom. The van der Waals surface area contributed by atoms with Crippen LogP contribution < -0.4 is 5.73 Å². The molecule has 1 aromatic carbocycles. The molecule has 3 aromatic rings. The second kappa shape index (κ2) is 7.13. The Morgan fingerprint density at radius 2 is 2.08 bits per heavy atom. The highest BCUT2D eigenvalue weighted by Crippen LogP contribution is 2.35. The van der Waals surface area contributed by atoms with Crippen molar-refractivity contribution in [2.45, 2.75) is 6.92 Å². The number of nitrogens with zero attached hydrogens (tertiary/aromatic N) is 2. The number of H-pyrrole nitrogens is 1. The Labute approximate surface area is 154 Å². The summed E-state index contributed by atoms with van der Waals surface area (Å²) in [5.74, 6) is -0.342. The van der Waals surface area contributed by atoms with Crippen molar-refractivity contribution in [3.63, 3.8) is 0 Å². The van der Waals surface area contributed by atoms with Crippen LogP contribution in [0.25, 0.3) is 22.6 Å². The molecule has 2 aromatic heterocycles. The number of esters is 1. The molecule has 0 unspecified atom stereocenters. The van der Waals surface area contributed by atoms with Gasteiger partial charge in [0, 0.05) is 16.8 Å². The van der Waals surface area contributed by atoms with Crippen molar-refractivity contribution in [3.8, 4) is 22.6 Å². The lowest BCUT2D eigenvalue weighted by molar-refractivity contribution is 0.0527. The number of hydrogen-bond acceptors (Lipinski definition) is 5. The minimum Gasteiger partial charge on any atom is -0.462 e. The van der Waals surface area contributed by atoms with Crippen LogP contribution >= 0.6 is 23.2 Å². The van der Waals surface area contributed by atoms with Gasteiger partial charge in [-0.25, -0.2) is 14.8 Å². The third kappa shape index (κ3) is 3.60. The lowest BCUT2D eigenvalue weighted by Crippen LogP contribution is -2.05. The molecule has 3 N–H and O–H groups in total. The molecule has 25 heavy (non-hydrogen) atoms. The maximum absolute atomic E-state index is 12.4. The monoisotopic (exact) mass is 376 g/mol. The predicted molar refractivity (Wildman–Crippen MR) is 97.6 cm³/mol. The summed E-state index contributed by atoms with van der Waals surface area (Å²) in [6.07, 6.45) is 1.54. The van der Waals surface area contributed by atoms with Gasteiger partial charge in [0.25, 0.3) is 0 Å². The molecule has 0 aliphatic heterocycles. The van der Waals surface area contributed by atoms with E-state index in [1.54, 1.807) is 37.3 Å². The Kier molecular flexibility index (Phi) is 4.92. The molecular formula is C17H14Cl2N4O2. The third-order valence-electron chi connectivity index (χ3n) is 3.46. The van der Waals surface area contributed by atoms with Crippen LogP contribution in [0.3, 0.4) is 0 Å². The van der Waals surface area contributed by atoms with Crippen LogP contribution in [0.4, 0.5) is 5.95 Å². The van der Waals surface area contributed by atoms with Gasteiger partial charge >= 0.3 is 5.97 Å². The SMILES string of the molecule is CCOC(=O)c1cc(-c2ccnc(N)n2)[nH]c1-c1cc(Cl)ccc1Cl. The topological polar surface area (TPSA) is 93.9 Å². The van der Waals surface area contributed by atoms with Gasteiger partial charge in [-0.05, 0) is 37.3 Å². The van der Waals surface area contributed by atoms with Gasteiger partial charge in [-0.1, -0.05) is 23.2 Å². The van der Waals surface area contributed by atoms with E-state index in [2.05, 4.69) is 15.0 Å². The molecule has 0 radical (unpaired) electrons. The summed E-state index contributed by atoms with van der Waals surface area (Å²) in [5, 5.41) is 0.946. The van der Waals surface area contributed by atoms with Gasteiger partial charge in [-0.15, -0.1) is 0 Å². The van der Waals surface area contributed by atoms with Gasteiger partial charge in [0.1, 0.15) is 0 Å². The first-order valence-corrected chi connectivity index (χ1v) is 8.19. The minimum absolute atomic E-state index is 0.132. The number of benzene rings is 1. The molecule has 0 aliphatic carbocycles. The molecule has 6 nitrogen and oxygen atoms in total. The zero-order valence-corrected chi connectivity index (χ0v) is 14.7. The van der Waals surface area contributed by atoms with Crippen molar-refractivity contribution < 1.29 is 9.53 Å². The molecule has 8 heteroatoms. The molecule has 0 bridgehead atoms. The lowest BCUT2D eigenvalue weighted by Gasteiger charge is -2.06. The van der Waals surface area contributed by atoms with Gasteiger partial charge in [-0.2, -0.15) is 0 Å². The van der Waals surface area contributed by atoms with Crippen molar-refractivity contribution in [2.75, 3.05) is 12.3 Å². The molecule has 0 amide bonds. The third-order valence-corrected chi connectivity index (χ3v) is 4.03. The number of aromatic amines is 1. The predicted octanol–water partition coefficient (Wildman–Crippen LogP) is 4.20. The summed E-state index contributed by atoms with van der Waals surface area (Å²) in [5.41, 5.74) is 8.19. The lowest BCUT2D eigenvalue weighted by atomic mass is 10.1. The fourth-order valence-electron chi connectivity index (χ4n) is 2.39. The number of anilines is 1. The normalized spacial score (nSPS) is 10.7. The second-order valence-electron chi connectivity index (χ2n) is 5.12. The van der Waals surface area contributed by atoms with Crippen molar-refractivity contribution >= 4 is 35.1 Å². The van der Waals surface area contributed by atoms with Crippen LogP contribution in [0.15, 0.2) is 36.5 Å². The van der Waals surface area contributed by atoms with E-state index in [9.17, 15) is 4.79 Å². The summed E-state index contributed by atoms with van der Waals surface area (Å²) in [6.45, 7) is 1.99. The molecule has 0 saturated carbocycles. The fourth-order valence-corrected chi connectivity index (χ4v) is 2.77. The first kappa shape index (κ1) is 17.3. The van der Waals surface area contributed by atoms with Crippen LogP contribution in [-0.4, -0.2) is 27.5 Å². The quantitative estimate of drug-likeness (QED) is 0.665. The van der Waals surface area contributed by atoms with Crippen LogP contribution in [0.2, 0.25) is 10.0 Å². The largest absolute Gasteiger partial charge is 0.462 e. The number of hydrogen-bond donors (Lipinski definition) is 2. The summed E-state index contributed by atoms with van der Waals surface area (Å²) >= 11 is 12.4. The van der Waals surface area contributed by atoms with Gasteiger partial charge in [0.05, 0.1) is 34.3 Å². The summed E-state index contributed by atoms with van der Waals surface area (Å²) in [4.78, 5) is 23.6. The molecule has 0 saturated heterocycles. The van der Waals surface area contributed by atoms with Crippen molar-refractivity contribution in [1.29, 1.82) is 0 Å². The Bertz CT molecular complexity index is 940. The van der Waals surface area contributed by atoms with E-state index >= 15 is 0 Å². The Hall–Kier alpha value is -2.57. The number of halogens is 2. The number of nitrogens with two attached hydrogens (primary N) is 1. The first-order chi connectivity index (χ1) is 12.0. The highest BCUT2D eigenvalue weighted by Gasteiger charge is 2.21. The summed E-state index contributed by atoms with van der Waals surface area (Å²) < 4.78 is 5.14. The van der Waals surface area contributed by atoms with Gasteiger partial charge < -0.3 is 15.5 Å². The molecular weight excluding hydrogens is 363 g/mol. The van der Waals surface area contributed by atoms with E-state index < -0.39 is 5.97 Å². The highest BCUT2D eigenvalue weighted by molar-refractivity contribution is 6.35. The van der Waals surface area contributed by atoms with Crippen LogP contribution in [0.1, 0.15) is 17.3 Å². The van der Waals surface area contributed by atoms with E-state index in [1.807, 2.05) is 0 Å². The van der Waals surface area contributed by atoms with Gasteiger partial charge in [-0.3, -0.25) is 0 Å². The molecule has 0 spiro atoms. The minimum atomic E-state index is -0.474. The van der Waals surface area contributed by atoms with E-state index in [0.29, 0.717) is 38.3 Å². The Morgan fingerprint density at radius 1 is 1.28 bits per heavy atom. The molecule has 0 fully saturated rings. The standard InChI is InChI=1S/C17H14Cl2N4O2/c1-2-25-16(24)11-8-14(13-5-6-21-17(20)23-13)22-15(11)10-7-9(18)3-4-12(10)19/h3-8,22H,2H2,1H3,(H2,20,21,23). The smallest absolute Gasteiger partial charge is 0.340 e. The molecule has 3 rings (SSSR count). The maximum Gasteiger partial charge on any atom is 0.340 e. The zero-order chi connectivity index (χ0) is 18.0. The number of ether oxygens (including phenoxy) is 1.